The van der Waals surface area contributed by atoms with Crippen LogP contribution in [0.2, 0.25) is 0 Å². The fourth-order valence-electron chi connectivity index (χ4n) is 5.83. The van der Waals surface area contributed by atoms with Gasteiger partial charge in [-0.15, -0.1) is 0 Å². The minimum atomic E-state index is -1.85. The van der Waals surface area contributed by atoms with Gasteiger partial charge in [-0.2, -0.15) is 0 Å². The number of aliphatic hydroxyl groups is 1. The normalized spacial score (nSPS) is 13.0. The van der Waals surface area contributed by atoms with E-state index in [9.17, 15) is 24.6 Å². The largest absolute Gasteiger partial charge is 0.479 e. The molecule has 0 radical (unpaired) electrons. The zero-order chi connectivity index (χ0) is 34.1. The molecule has 2 atom stereocenters. The number of carboxylic acid groups (broad SMARTS) is 1. The van der Waals surface area contributed by atoms with Gasteiger partial charge in [0.15, 0.2) is 11.6 Å². The Kier molecular flexibility index (Phi) is 10.9. The van der Waals surface area contributed by atoms with Crippen LogP contribution in [0.5, 0.6) is 0 Å². The first-order chi connectivity index (χ1) is 23.2. The van der Waals surface area contributed by atoms with Crippen molar-refractivity contribution >= 4 is 28.7 Å². The second-order valence-electron chi connectivity index (χ2n) is 12.3. The number of esters is 1. The number of carbonyl (C=O) groups is 3. The van der Waals surface area contributed by atoms with Crippen LogP contribution in [-0.4, -0.2) is 52.3 Å². The first-order valence-electron chi connectivity index (χ1n) is 16.0. The van der Waals surface area contributed by atoms with E-state index < -0.39 is 29.6 Å². The van der Waals surface area contributed by atoms with Crippen molar-refractivity contribution in [3.8, 4) is 11.1 Å². The molecule has 0 spiro atoms. The Bertz CT molecular complexity index is 1840. The number of aliphatic carboxylic acids is 1. The first-order valence-corrected chi connectivity index (χ1v) is 16.0. The number of hydrogen-bond donors (Lipinski definition) is 3. The molecule has 3 N–H and O–H groups in total. The number of benzene rings is 5. The summed E-state index contributed by atoms with van der Waals surface area (Å²) in [5.41, 5.74) is 2.03. The summed E-state index contributed by atoms with van der Waals surface area (Å²) in [6.45, 7) is 3.54. The highest BCUT2D eigenvalue weighted by Crippen LogP contribution is 2.31. The zero-order valence-corrected chi connectivity index (χ0v) is 27.1. The van der Waals surface area contributed by atoms with E-state index in [1.54, 1.807) is 42.5 Å². The van der Waals surface area contributed by atoms with E-state index >= 15 is 0 Å². The smallest absolute Gasteiger partial charge is 0.337 e. The average molecular weight is 645 g/mol. The van der Waals surface area contributed by atoms with Crippen LogP contribution in [-0.2, 0) is 32.9 Å². The van der Waals surface area contributed by atoms with Gasteiger partial charge in [0.25, 0.3) is 0 Å². The van der Waals surface area contributed by atoms with E-state index in [2.05, 4.69) is 29.6 Å². The number of rotatable bonds is 13. The molecule has 2 amide bonds. The number of hydrogen-bond acceptors (Lipinski definition) is 5. The molecule has 5 aromatic carbocycles. The van der Waals surface area contributed by atoms with Crippen LogP contribution in [0, 0.1) is 5.92 Å². The number of urea groups is 1. The Balaban J connectivity index is 1.40. The number of carbonyl (C=O) groups excluding carboxylic acids is 2. The summed E-state index contributed by atoms with van der Waals surface area (Å²) in [5, 5.41) is 26.6. The predicted octanol–water partition coefficient (Wildman–Crippen LogP) is 6.80. The third-order valence-corrected chi connectivity index (χ3v) is 8.24. The minimum absolute atomic E-state index is 0.0253. The van der Waals surface area contributed by atoms with Crippen molar-refractivity contribution in [1.29, 1.82) is 0 Å². The van der Waals surface area contributed by atoms with Gasteiger partial charge in [-0.05, 0) is 44.5 Å². The molecule has 246 valence electrons. The van der Waals surface area contributed by atoms with E-state index in [-0.39, 0.29) is 32.0 Å². The van der Waals surface area contributed by atoms with Crippen LogP contribution in [0.3, 0.4) is 0 Å². The van der Waals surface area contributed by atoms with E-state index in [1.165, 1.54) is 4.90 Å². The van der Waals surface area contributed by atoms with Crippen LogP contribution in [0.1, 0.15) is 30.5 Å². The van der Waals surface area contributed by atoms with Crippen LogP contribution in [0.15, 0.2) is 127 Å². The summed E-state index contributed by atoms with van der Waals surface area (Å²) in [4.78, 5) is 41.1. The fourth-order valence-corrected chi connectivity index (χ4v) is 5.83. The molecule has 5 rings (SSSR count). The monoisotopic (exact) mass is 644 g/mol. The Morgan fingerprint density at radius 3 is 2.04 bits per heavy atom. The quantitative estimate of drug-likeness (QED) is 0.121. The first kappa shape index (κ1) is 33.9. The molecule has 0 aliphatic rings. The number of nitrogens with zero attached hydrogens (tertiary/aromatic N) is 1. The van der Waals surface area contributed by atoms with Gasteiger partial charge in [-0.3, -0.25) is 0 Å². The van der Waals surface area contributed by atoms with Crippen LogP contribution < -0.4 is 5.32 Å². The SMILES string of the molecule is CC(C)CN(CC(O)C(=O)OCc1ccccc1)C(=O)N[C@](Cc1ccc(-c2cccc3ccccc23)cc1)(C(=O)O)c1ccccc1. The van der Waals surface area contributed by atoms with Gasteiger partial charge in [0.05, 0.1) is 6.54 Å². The molecular formula is C40H40N2O6. The number of fused-ring (bicyclic) bond motifs is 1. The summed E-state index contributed by atoms with van der Waals surface area (Å²) >= 11 is 0. The summed E-state index contributed by atoms with van der Waals surface area (Å²) in [6, 6.07) is 38.8. The predicted molar refractivity (Wildman–Crippen MR) is 186 cm³/mol. The highest BCUT2D eigenvalue weighted by molar-refractivity contribution is 5.96. The highest BCUT2D eigenvalue weighted by Gasteiger charge is 2.43. The Labute approximate surface area is 280 Å². The van der Waals surface area contributed by atoms with Gasteiger partial charge < -0.3 is 25.2 Å². The summed E-state index contributed by atoms with van der Waals surface area (Å²) in [6.07, 6.45) is -1.68. The van der Waals surface area contributed by atoms with Gasteiger partial charge in [0.1, 0.15) is 6.61 Å². The maximum Gasteiger partial charge on any atom is 0.337 e. The molecular weight excluding hydrogens is 604 g/mol. The molecule has 8 nitrogen and oxygen atoms in total. The Hall–Kier alpha value is -5.47. The molecule has 0 saturated carbocycles. The van der Waals surface area contributed by atoms with Crippen molar-refractivity contribution in [2.24, 2.45) is 5.92 Å². The second kappa shape index (κ2) is 15.4. The van der Waals surface area contributed by atoms with Crippen molar-refractivity contribution in [2.45, 2.75) is 38.5 Å². The van der Waals surface area contributed by atoms with Crippen molar-refractivity contribution in [3.63, 3.8) is 0 Å². The molecule has 0 aromatic heterocycles. The lowest BCUT2D eigenvalue weighted by atomic mass is 9.83. The highest BCUT2D eigenvalue weighted by atomic mass is 16.5. The molecule has 0 fully saturated rings. The number of amides is 2. The molecule has 0 heterocycles. The van der Waals surface area contributed by atoms with Crippen LogP contribution in [0.4, 0.5) is 4.79 Å². The summed E-state index contributed by atoms with van der Waals surface area (Å²) in [7, 11) is 0. The number of nitrogens with one attached hydrogen (secondary N) is 1. The molecule has 8 heteroatoms. The lowest BCUT2D eigenvalue weighted by Gasteiger charge is -2.35. The van der Waals surface area contributed by atoms with Crippen molar-refractivity contribution in [1.82, 2.24) is 10.2 Å². The summed E-state index contributed by atoms with van der Waals surface area (Å²) in [5.74, 6) is -2.16. The van der Waals surface area contributed by atoms with Gasteiger partial charge in [-0.1, -0.05) is 141 Å². The van der Waals surface area contributed by atoms with Crippen molar-refractivity contribution in [3.05, 3.63) is 144 Å². The third kappa shape index (κ3) is 8.08. The molecule has 0 aliphatic heterocycles. The lowest BCUT2D eigenvalue weighted by molar-refractivity contribution is -0.155. The standard InChI is InChI=1S/C40H40N2O6/c1-28(2)25-42(26-36(43)37(44)48-27-30-12-5-3-6-13-30)39(47)41-40(38(45)46,33-16-7-4-8-17-33)24-29-20-22-32(23-21-29)35-19-11-15-31-14-9-10-18-34(31)35/h3-23,28,36,43H,24-27H2,1-2H3,(H,41,47)(H,45,46)/t36?,40-/m0/s1. The number of aliphatic hydroxyl groups excluding tert-OH is 1. The maximum absolute atomic E-state index is 14.0. The van der Waals surface area contributed by atoms with Crippen LogP contribution >= 0.6 is 0 Å². The Morgan fingerprint density at radius 2 is 1.38 bits per heavy atom. The topological polar surface area (TPSA) is 116 Å². The van der Waals surface area contributed by atoms with E-state index in [0.29, 0.717) is 11.1 Å². The van der Waals surface area contributed by atoms with Crippen molar-refractivity contribution < 1.29 is 29.3 Å². The Morgan fingerprint density at radius 1 is 0.750 bits per heavy atom. The van der Waals surface area contributed by atoms with Gasteiger partial charge in [0, 0.05) is 13.0 Å². The molecule has 5 aromatic rings. The molecule has 0 aliphatic carbocycles. The average Bonchev–Trinajstić information content (AvgIpc) is 3.10. The third-order valence-electron chi connectivity index (χ3n) is 8.24. The van der Waals surface area contributed by atoms with E-state index in [4.69, 9.17) is 4.74 Å². The zero-order valence-electron chi connectivity index (χ0n) is 27.1. The van der Waals surface area contributed by atoms with Crippen molar-refractivity contribution in [2.75, 3.05) is 13.1 Å². The number of ether oxygens (including phenoxy) is 1. The molecule has 0 bridgehead atoms. The van der Waals surface area contributed by atoms with E-state index in [1.807, 2.05) is 74.5 Å². The maximum atomic E-state index is 14.0. The lowest BCUT2D eigenvalue weighted by Crippen LogP contribution is -2.58. The molecule has 0 saturated heterocycles. The van der Waals surface area contributed by atoms with Gasteiger partial charge >= 0.3 is 18.0 Å². The number of carboxylic acids is 1. The van der Waals surface area contributed by atoms with Gasteiger partial charge in [-0.25, -0.2) is 14.4 Å². The second-order valence-corrected chi connectivity index (χ2v) is 12.3. The molecule has 1 unspecified atom stereocenters. The van der Waals surface area contributed by atoms with Gasteiger partial charge in [0.2, 0.25) is 0 Å². The van der Waals surface area contributed by atoms with E-state index in [0.717, 1.165) is 27.5 Å². The minimum Gasteiger partial charge on any atom is -0.479 e. The van der Waals surface area contributed by atoms with Crippen LogP contribution in [0.25, 0.3) is 21.9 Å². The summed E-state index contributed by atoms with van der Waals surface area (Å²) < 4.78 is 5.29. The molecule has 48 heavy (non-hydrogen) atoms. The fraction of sp³-hybridized carbons (Fsp3) is 0.225.